The fourth-order valence-corrected chi connectivity index (χ4v) is 2.38. The first-order valence-electron chi connectivity index (χ1n) is 8.07. The number of methoxy groups -OCH3 is 2. The Morgan fingerprint density at radius 2 is 1.63 bits per heavy atom. The van der Waals surface area contributed by atoms with Gasteiger partial charge in [0, 0.05) is 17.4 Å². The Bertz CT molecular complexity index is 944. The van der Waals surface area contributed by atoms with Gasteiger partial charge in [-0.15, -0.1) is 0 Å². The number of esters is 1. The molecule has 4 N–H and O–H groups in total. The Labute approximate surface area is 156 Å². The predicted molar refractivity (Wildman–Crippen MR) is 104 cm³/mol. The third kappa shape index (κ3) is 4.24. The Balaban J connectivity index is 1.79. The van der Waals surface area contributed by atoms with Gasteiger partial charge in [0.1, 0.15) is 17.8 Å². The van der Waals surface area contributed by atoms with Crippen LogP contribution in [0, 0.1) is 0 Å². The molecule has 0 fully saturated rings. The van der Waals surface area contributed by atoms with Gasteiger partial charge in [-0.25, -0.2) is 14.8 Å². The molecule has 0 saturated carbocycles. The number of hydrogen-bond donors (Lipinski definition) is 3. The molecule has 8 heteroatoms. The lowest BCUT2D eigenvalue weighted by Crippen LogP contribution is -2.05. The van der Waals surface area contributed by atoms with Crippen LogP contribution in [-0.4, -0.2) is 30.2 Å². The molecule has 1 heterocycles. The second kappa shape index (κ2) is 8.05. The van der Waals surface area contributed by atoms with Crippen LogP contribution in [-0.2, 0) is 4.74 Å². The molecule has 0 amide bonds. The highest BCUT2D eigenvalue weighted by Gasteiger charge is 2.10. The minimum Gasteiger partial charge on any atom is -0.497 e. The van der Waals surface area contributed by atoms with Gasteiger partial charge in [0.15, 0.2) is 11.6 Å². The molecule has 3 rings (SSSR count). The smallest absolute Gasteiger partial charge is 0.337 e. The van der Waals surface area contributed by atoms with Crippen molar-refractivity contribution in [3.63, 3.8) is 0 Å². The van der Waals surface area contributed by atoms with Gasteiger partial charge in [0.2, 0.25) is 0 Å². The van der Waals surface area contributed by atoms with Gasteiger partial charge in [0.25, 0.3) is 0 Å². The molecule has 0 atom stereocenters. The van der Waals surface area contributed by atoms with Crippen molar-refractivity contribution in [1.82, 2.24) is 9.97 Å². The number of aromatic nitrogens is 2. The van der Waals surface area contributed by atoms with E-state index in [2.05, 4.69) is 25.3 Å². The van der Waals surface area contributed by atoms with E-state index in [4.69, 9.17) is 10.5 Å². The molecule has 0 saturated heterocycles. The number of nitrogens with one attached hydrogen (secondary N) is 2. The Morgan fingerprint density at radius 3 is 2.26 bits per heavy atom. The molecular weight excluding hydrogens is 346 g/mol. The second-order valence-corrected chi connectivity index (χ2v) is 5.54. The Hall–Kier alpha value is -3.81. The van der Waals surface area contributed by atoms with Crippen LogP contribution in [0.15, 0.2) is 54.9 Å². The lowest BCUT2D eigenvalue weighted by Gasteiger charge is -2.13. The van der Waals surface area contributed by atoms with E-state index in [1.54, 1.807) is 31.4 Å². The first-order chi connectivity index (χ1) is 13.1. The van der Waals surface area contributed by atoms with Crippen LogP contribution in [0.4, 0.5) is 28.7 Å². The summed E-state index contributed by atoms with van der Waals surface area (Å²) < 4.78 is 9.90. The van der Waals surface area contributed by atoms with Gasteiger partial charge < -0.3 is 25.8 Å². The average Bonchev–Trinajstić information content (AvgIpc) is 2.71. The van der Waals surface area contributed by atoms with Gasteiger partial charge in [-0.05, 0) is 36.4 Å². The number of benzene rings is 2. The van der Waals surface area contributed by atoms with Crippen LogP contribution in [0.2, 0.25) is 0 Å². The highest BCUT2D eigenvalue weighted by atomic mass is 16.5. The maximum absolute atomic E-state index is 11.5. The van der Waals surface area contributed by atoms with Crippen LogP contribution in [0.1, 0.15) is 10.4 Å². The molecule has 0 spiro atoms. The number of nitrogens with zero attached hydrogens (tertiary/aromatic N) is 2. The van der Waals surface area contributed by atoms with Crippen LogP contribution >= 0.6 is 0 Å². The molecule has 8 nitrogen and oxygen atoms in total. The fourth-order valence-electron chi connectivity index (χ4n) is 2.38. The van der Waals surface area contributed by atoms with Crippen molar-refractivity contribution in [3.8, 4) is 5.75 Å². The Kier molecular flexibility index (Phi) is 5.36. The zero-order valence-corrected chi connectivity index (χ0v) is 14.9. The van der Waals surface area contributed by atoms with E-state index in [9.17, 15) is 4.79 Å². The zero-order valence-electron chi connectivity index (χ0n) is 14.9. The highest BCUT2D eigenvalue weighted by Crippen LogP contribution is 2.29. The number of hydrogen-bond acceptors (Lipinski definition) is 8. The van der Waals surface area contributed by atoms with Gasteiger partial charge in [-0.3, -0.25) is 0 Å². The first kappa shape index (κ1) is 18.0. The minimum atomic E-state index is -0.395. The third-order valence-electron chi connectivity index (χ3n) is 3.79. The molecule has 138 valence electrons. The molecule has 27 heavy (non-hydrogen) atoms. The van der Waals surface area contributed by atoms with Gasteiger partial charge in [-0.1, -0.05) is 6.07 Å². The van der Waals surface area contributed by atoms with E-state index < -0.39 is 5.97 Å². The summed E-state index contributed by atoms with van der Waals surface area (Å²) in [6, 6.07) is 14.2. The molecule has 0 aliphatic heterocycles. The number of ether oxygens (including phenoxy) is 2. The normalized spacial score (nSPS) is 10.1. The fraction of sp³-hybridized carbons (Fsp3) is 0.105. The molecule has 0 bridgehead atoms. The summed E-state index contributed by atoms with van der Waals surface area (Å²) in [5.74, 6) is 1.23. The maximum Gasteiger partial charge on any atom is 0.337 e. The summed E-state index contributed by atoms with van der Waals surface area (Å²) in [4.78, 5) is 19.9. The summed E-state index contributed by atoms with van der Waals surface area (Å²) in [5.41, 5.74) is 8.52. The van der Waals surface area contributed by atoms with Gasteiger partial charge >= 0.3 is 5.97 Å². The summed E-state index contributed by atoms with van der Waals surface area (Å²) in [6.45, 7) is 0. The number of carbonyl (C=O) groups is 1. The number of anilines is 5. The molecule has 2 aromatic carbocycles. The van der Waals surface area contributed by atoms with Crippen molar-refractivity contribution in [2.75, 3.05) is 30.6 Å². The van der Waals surface area contributed by atoms with E-state index in [0.29, 0.717) is 22.9 Å². The minimum absolute atomic E-state index is 0.359. The van der Waals surface area contributed by atoms with E-state index >= 15 is 0 Å². The quantitative estimate of drug-likeness (QED) is 0.570. The topological polar surface area (TPSA) is 111 Å². The lowest BCUT2D eigenvalue weighted by molar-refractivity contribution is 0.0601. The van der Waals surface area contributed by atoms with Crippen molar-refractivity contribution >= 4 is 34.7 Å². The first-order valence-corrected chi connectivity index (χ1v) is 8.07. The monoisotopic (exact) mass is 365 g/mol. The molecule has 0 aliphatic carbocycles. The predicted octanol–water partition coefficient (Wildman–Crippen LogP) is 3.34. The Morgan fingerprint density at radius 1 is 0.963 bits per heavy atom. The van der Waals surface area contributed by atoms with Crippen LogP contribution < -0.4 is 21.1 Å². The number of nitrogens with two attached hydrogens (primary N) is 1. The van der Waals surface area contributed by atoms with Gasteiger partial charge in [0.05, 0.1) is 19.8 Å². The van der Waals surface area contributed by atoms with Crippen molar-refractivity contribution in [3.05, 3.63) is 60.4 Å². The summed E-state index contributed by atoms with van der Waals surface area (Å²) in [6.07, 6.45) is 1.41. The largest absolute Gasteiger partial charge is 0.497 e. The number of rotatable bonds is 6. The zero-order chi connectivity index (χ0) is 19.2. The molecule has 0 aliphatic rings. The molecule has 1 aromatic heterocycles. The van der Waals surface area contributed by atoms with Crippen molar-refractivity contribution in [2.45, 2.75) is 0 Å². The molecule has 3 aromatic rings. The van der Waals surface area contributed by atoms with E-state index in [0.717, 1.165) is 17.1 Å². The standard InChI is InChI=1S/C19H19N5O3/c1-26-15-5-3-4-14(10-15)24-18-16(20)17(21-11-22-18)23-13-8-6-12(7-9-13)19(25)27-2/h3-11H,20H2,1-2H3,(H2,21,22,23,24). The number of carbonyl (C=O) groups excluding carboxylic acids is 1. The second-order valence-electron chi connectivity index (χ2n) is 5.54. The number of nitrogen functional groups attached to an aromatic ring is 1. The lowest BCUT2D eigenvalue weighted by atomic mass is 10.2. The van der Waals surface area contributed by atoms with Crippen molar-refractivity contribution in [2.24, 2.45) is 0 Å². The molecule has 0 radical (unpaired) electrons. The van der Waals surface area contributed by atoms with Gasteiger partial charge in [-0.2, -0.15) is 0 Å². The van der Waals surface area contributed by atoms with E-state index in [-0.39, 0.29) is 0 Å². The highest BCUT2D eigenvalue weighted by molar-refractivity contribution is 5.90. The molecular formula is C19H19N5O3. The summed E-state index contributed by atoms with van der Waals surface area (Å²) in [5, 5.41) is 6.26. The summed E-state index contributed by atoms with van der Waals surface area (Å²) >= 11 is 0. The van der Waals surface area contributed by atoms with Crippen LogP contribution in [0.25, 0.3) is 0 Å². The van der Waals surface area contributed by atoms with Crippen molar-refractivity contribution in [1.29, 1.82) is 0 Å². The molecule has 0 unspecified atom stereocenters. The van der Waals surface area contributed by atoms with E-state index in [1.165, 1.54) is 13.4 Å². The SMILES string of the molecule is COC(=O)c1ccc(Nc2ncnc(Nc3cccc(OC)c3)c2N)cc1. The maximum atomic E-state index is 11.5. The van der Waals surface area contributed by atoms with Crippen molar-refractivity contribution < 1.29 is 14.3 Å². The summed E-state index contributed by atoms with van der Waals surface area (Å²) in [7, 11) is 2.94. The average molecular weight is 365 g/mol. The van der Waals surface area contributed by atoms with Crippen LogP contribution in [0.3, 0.4) is 0 Å². The third-order valence-corrected chi connectivity index (χ3v) is 3.79. The van der Waals surface area contributed by atoms with Crippen LogP contribution in [0.5, 0.6) is 5.75 Å². The van der Waals surface area contributed by atoms with E-state index in [1.807, 2.05) is 24.3 Å².